The van der Waals surface area contributed by atoms with Crippen LogP contribution in [0, 0.1) is 5.82 Å². The summed E-state index contributed by atoms with van der Waals surface area (Å²) < 4.78 is 38.2. The Hall–Kier alpha value is -3.07. The van der Waals surface area contributed by atoms with Gasteiger partial charge < -0.3 is 9.80 Å². The summed E-state index contributed by atoms with van der Waals surface area (Å²) in [5, 5.41) is 0. The first-order valence-corrected chi connectivity index (χ1v) is 10.1. The highest BCUT2D eigenvalue weighted by Crippen LogP contribution is 2.33. The molecule has 4 rings (SSSR count). The van der Waals surface area contributed by atoms with Gasteiger partial charge in [-0.1, -0.05) is 18.2 Å². The fourth-order valence-electron chi connectivity index (χ4n) is 3.29. The van der Waals surface area contributed by atoms with Crippen molar-refractivity contribution in [2.75, 3.05) is 26.2 Å². The van der Waals surface area contributed by atoms with E-state index in [9.17, 15) is 22.4 Å². The molecule has 144 valence electrons. The molecule has 0 aliphatic carbocycles. The molecular formula is C19H16FN3O4S. The summed E-state index contributed by atoms with van der Waals surface area (Å²) in [4.78, 5) is 31.8. The molecule has 0 saturated carbocycles. The molecule has 1 fully saturated rings. The third kappa shape index (κ3) is 3.07. The molecule has 3 heterocycles. The van der Waals surface area contributed by atoms with Crippen molar-refractivity contribution >= 4 is 27.7 Å². The number of amides is 2. The minimum absolute atomic E-state index is 0.123. The summed E-state index contributed by atoms with van der Waals surface area (Å²) in [6.07, 6.45) is 2.37. The topological polar surface area (TPSA) is 87.7 Å². The van der Waals surface area contributed by atoms with Crippen LogP contribution in [0.2, 0.25) is 0 Å². The first kappa shape index (κ1) is 18.3. The average Bonchev–Trinajstić information content (AvgIpc) is 2.99. The number of carbonyl (C=O) groups excluding carboxylic acids is 2. The minimum atomic E-state index is -3.83. The number of sulfone groups is 1. The SMILES string of the molecule is O=C(C1=Cc2ccccc2S1(=O)=O)N1CCN(C(=O)c2ccc(F)cn2)CC1. The summed E-state index contributed by atoms with van der Waals surface area (Å²) in [5.74, 6) is -1.45. The summed E-state index contributed by atoms with van der Waals surface area (Å²) in [6.45, 7) is 0.887. The number of pyridine rings is 1. The molecule has 0 N–H and O–H groups in total. The maximum atomic E-state index is 13.0. The summed E-state index contributed by atoms with van der Waals surface area (Å²) >= 11 is 0. The van der Waals surface area contributed by atoms with E-state index in [1.165, 1.54) is 28.0 Å². The molecule has 2 aliphatic rings. The lowest BCUT2D eigenvalue weighted by Gasteiger charge is -2.34. The summed E-state index contributed by atoms with van der Waals surface area (Å²) in [7, 11) is -3.83. The number of hydrogen-bond acceptors (Lipinski definition) is 5. The van der Waals surface area contributed by atoms with Gasteiger partial charge in [0.25, 0.3) is 11.8 Å². The van der Waals surface area contributed by atoms with E-state index in [1.54, 1.807) is 18.2 Å². The zero-order valence-corrected chi connectivity index (χ0v) is 15.5. The molecule has 2 aliphatic heterocycles. The molecule has 2 aromatic rings. The van der Waals surface area contributed by atoms with Crippen LogP contribution >= 0.6 is 0 Å². The number of piperazine rings is 1. The fourth-order valence-corrected chi connectivity index (χ4v) is 4.86. The van der Waals surface area contributed by atoms with Crippen LogP contribution in [0.5, 0.6) is 0 Å². The monoisotopic (exact) mass is 401 g/mol. The van der Waals surface area contributed by atoms with Gasteiger partial charge in [0, 0.05) is 26.2 Å². The molecule has 0 spiro atoms. The number of hydrogen-bond donors (Lipinski definition) is 0. The largest absolute Gasteiger partial charge is 0.334 e. The Morgan fingerprint density at radius 2 is 1.57 bits per heavy atom. The Labute approximate surface area is 161 Å². The second kappa shape index (κ2) is 6.83. The van der Waals surface area contributed by atoms with Crippen molar-refractivity contribution in [1.29, 1.82) is 0 Å². The van der Waals surface area contributed by atoms with Gasteiger partial charge in [0.1, 0.15) is 16.4 Å². The lowest BCUT2D eigenvalue weighted by atomic mass is 10.2. The molecule has 9 heteroatoms. The van der Waals surface area contributed by atoms with Gasteiger partial charge in [0.15, 0.2) is 0 Å². The number of halogens is 1. The van der Waals surface area contributed by atoms with E-state index in [2.05, 4.69) is 4.98 Å². The second-order valence-corrected chi connectivity index (χ2v) is 8.38. The van der Waals surface area contributed by atoms with Gasteiger partial charge in [0.2, 0.25) is 9.84 Å². The van der Waals surface area contributed by atoms with Gasteiger partial charge in [-0.2, -0.15) is 0 Å². The predicted molar refractivity (Wildman–Crippen MR) is 98.3 cm³/mol. The van der Waals surface area contributed by atoms with Crippen LogP contribution in [0.15, 0.2) is 52.4 Å². The zero-order valence-electron chi connectivity index (χ0n) is 14.7. The third-order valence-corrected chi connectivity index (χ3v) is 6.62. The maximum Gasteiger partial charge on any atom is 0.272 e. The Balaban J connectivity index is 1.45. The Bertz CT molecular complexity index is 1090. The van der Waals surface area contributed by atoms with Gasteiger partial charge >= 0.3 is 0 Å². The molecule has 1 saturated heterocycles. The van der Waals surface area contributed by atoms with Crippen LogP contribution in [0.4, 0.5) is 4.39 Å². The van der Waals surface area contributed by atoms with E-state index in [0.717, 1.165) is 12.3 Å². The predicted octanol–water partition coefficient (Wildman–Crippen LogP) is 1.33. The maximum absolute atomic E-state index is 13.0. The van der Waals surface area contributed by atoms with E-state index in [-0.39, 0.29) is 47.6 Å². The molecular weight excluding hydrogens is 385 g/mol. The van der Waals surface area contributed by atoms with Crippen LogP contribution in [0.1, 0.15) is 16.1 Å². The van der Waals surface area contributed by atoms with Gasteiger partial charge in [-0.3, -0.25) is 9.59 Å². The molecule has 2 amide bonds. The van der Waals surface area contributed by atoms with Gasteiger partial charge in [0.05, 0.1) is 11.1 Å². The van der Waals surface area contributed by atoms with Crippen molar-refractivity contribution in [2.45, 2.75) is 4.90 Å². The number of carbonyl (C=O) groups is 2. The fraction of sp³-hybridized carbons (Fsp3) is 0.211. The highest BCUT2D eigenvalue weighted by Gasteiger charge is 2.37. The molecule has 1 aromatic heterocycles. The number of nitrogens with zero attached hydrogens (tertiary/aromatic N) is 3. The standard InChI is InChI=1S/C19H16FN3O4S/c20-14-5-6-15(21-12-14)18(24)22-7-9-23(10-8-22)19(25)17-11-13-3-1-2-4-16(13)28(17,26)27/h1-6,11-12H,7-10H2. The summed E-state index contributed by atoms with van der Waals surface area (Å²) in [5.41, 5.74) is 0.625. The Kier molecular flexibility index (Phi) is 4.46. The van der Waals surface area contributed by atoms with E-state index >= 15 is 0 Å². The van der Waals surface area contributed by atoms with Crippen molar-refractivity contribution in [1.82, 2.24) is 14.8 Å². The van der Waals surface area contributed by atoms with Crippen LogP contribution in [-0.4, -0.2) is 61.2 Å². The molecule has 0 unspecified atom stereocenters. The van der Waals surface area contributed by atoms with Crippen molar-refractivity contribution in [3.8, 4) is 0 Å². The van der Waals surface area contributed by atoms with Crippen LogP contribution in [-0.2, 0) is 14.6 Å². The molecule has 0 atom stereocenters. The van der Waals surface area contributed by atoms with Crippen LogP contribution in [0.25, 0.3) is 6.08 Å². The third-order valence-electron chi connectivity index (χ3n) is 4.80. The number of aromatic nitrogens is 1. The quantitative estimate of drug-likeness (QED) is 0.758. The highest BCUT2D eigenvalue weighted by molar-refractivity contribution is 7.96. The first-order valence-electron chi connectivity index (χ1n) is 8.64. The number of benzene rings is 1. The van der Waals surface area contributed by atoms with E-state index in [1.807, 2.05) is 0 Å². The second-order valence-electron chi connectivity index (χ2n) is 6.50. The number of rotatable bonds is 2. The van der Waals surface area contributed by atoms with Gasteiger partial charge in [-0.15, -0.1) is 0 Å². The summed E-state index contributed by atoms with van der Waals surface area (Å²) in [6, 6.07) is 8.93. The average molecular weight is 401 g/mol. The van der Waals surface area contributed by atoms with E-state index in [4.69, 9.17) is 0 Å². The normalized spacial score (nSPS) is 17.8. The minimum Gasteiger partial charge on any atom is -0.334 e. The molecule has 7 nitrogen and oxygen atoms in total. The van der Waals surface area contributed by atoms with Crippen molar-refractivity contribution in [2.24, 2.45) is 0 Å². The van der Waals surface area contributed by atoms with E-state index in [0.29, 0.717) is 5.56 Å². The molecule has 28 heavy (non-hydrogen) atoms. The van der Waals surface area contributed by atoms with Crippen molar-refractivity contribution in [3.63, 3.8) is 0 Å². The lowest BCUT2D eigenvalue weighted by Crippen LogP contribution is -2.51. The van der Waals surface area contributed by atoms with Crippen LogP contribution in [0.3, 0.4) is 0 Å². The van der Waals surface area contributed by atoms with E-state index < -0.39 is 21.6 Å². The smallest absolute Gasteiger partial charge is 0.272 e. The molecule has 1 aromatic carbocycles. The Morgan fingerprint density at radius 3 is 2.18 bits per heavy atom. The highest BCUT2D eigenvalue weighted by atomic mass is 32.2. The molecule has 0 bridgehead atoms. The molecule has 0 radical (unpaired) electrons. The first-order chi connectivity index (χ1) is 13.4. The van der Waals surface area contributed by atoms with Crippen molar-refractivity contribution < 1.29 is 22.4 Å². The van der Waals surface area contributed by atoms with Gasteiger partial charge in [-0.05, 0) is 29.8 Å². The van der Waals surface area contributed by atoms with Crippen molar-refractivity contribution in [3.05, 3.63) is 64.6 Å². The lowest BCUT2D eigenvalue weighted by molar-refractivity contribution is -0.127. The van der Waals surface area contributed by atoms with Gasteiger partial charge in [-0.25, -0.2) is 17.8 Å². The van der Waals surface area contributed by atoms with Crippen LogP contribution < -0.4 is 0 Å². The zero-order chi connectivity index (χ0) is 19.9. The number of fused-ring (bicyclic) bond motifs is 1. The Morgan fingerprint density at radius 1 is 0.929 bits per heavy atom.